The number of carbonyl (C=O) groups excluding carboxylic acids is 1. The van der Waals surface area contributed by atoms with E-state index in [1.807, 2.05) is 0 Å². The van der Waals surface area contributed by atoms with Gasteiger partial charge in [-0.3, -0.25) is 4.79 Å². The van der Waals surface area contributed by atoms with Gasteiger partial charge in [0.25, 0.3) is 0 Å². The maximum absolute atomic E-state index is 12.9. The van der Waals surface area contributed by atoms with Crippen molar-refractivity contribution in [2.24, 2.45) is 0 Å². The molecule has 0 aliphatic carbocycles. The number of methoxy groups -OCH3 is 1. The van der Waals surface area contributed by atoms with Crippen LogP contribution in [0, 0.1) is 5.82 Å². The standard InChI is InChI=1S/C17H13Cl2FO3/c1-22-15-9-12(4-7-16(19)21)8-14(18)17(15)23-10-11-2-5-13(20)6-3-11/h2-9H,10H2,1H3/b7-4+. The zero-order valence-electron chi connectivity index (χ0n) is 12.2. The molecule has 6 heteroatoms. The second-order valence-corrected chi connectivity index (χ2v) is 5.37. The summed E-state index contributed by atoms with van der Waals surface area (Å²) in [6.07, 6.45) is 2.74. The Morgan fingerprint density at radius 2 is 1.96 bits per heavy atom. The molecule has 0 aliphatic rings. The average molecular weight is 355 g/mol. The summed E-state index contributed by atoms with van der Waals surface area (Å²) in [7, 11) is 1.48. The van der Waals surface area contributed by atoms with Crippen molar-refractivity contribution in [1.82, 2.24) is 0 Å². The molecule has 0 heterocycles. The Labute approximate surface area is 143 Å². The normalized spacial score (nSPS) is 10.8. The highest BCUT2D eigenvalue weighted by molar-refractivity contribution is 6.66. The van der Waals surface area contributed by atoms with Crippen molar-refractivity contribution < 1.29 is 18.7 Å². The zero-order chi connectivity index (χ0) is 16.8. The second kappa shape index (κ2) is 7.99. The van der Waals surface area contributed by atoms with Gasteiger partial charge in [-0.2, -0.15) is 0 Å². The lowest BCUT2D eigenvalue weighted by molar-refractivity contribution is -0.107. The molecule has 2 aromatic carbocycles. The lowest BCUT2D eigenvalue weighted by atomic mass is 10.2. The van der Waals surface area contributed by atoms with Crippen LogP contribution in [0.15, 0.2) is 42.5 Å². The van der Waals surface area contributed by atoms with Gasteiger partial charge in [-0.25, -0.2) is 4.39 Å². The molecule has 0 unspecified atom stereocenters. The van der Waals surface area contributed by atoms with E-state index in [1.54, 1.807) is 24.3 Å². The number of ether oxygens (including phenoxy) is 2. The van der Waals surface area contributed by atoms with Gasteiger partial charge in [-0.05, 0) is 59.1 Å². The summed E-state index contributed by atoms with van der Waals surface area (Å²) in [6, 6.07) is 9.25. The topological polar surface area (TPSA) is 35.5 Å². The number of hydrogen-bond acceptors (Lipinski definition) is 3. The van der Waals surface area contributed by atoms with Crippen LogP contribution in [-0.2, 0) is 11.4 Å². The van der Waals surface area contributed by atoms with Crippen LogP contribution in [0.3, 0.4) is 0 Å². The Balaban J connectivity index is 2.20. The predicted octanol–water partition coefficient (Wildman–Crippen LogP) is 4.85. The molecule has 0 saturated carbocycles. The number of carbonyl (C=O) groups is 1. The Morgan fingerprint density at radius 1 is 1.26 bits per heavy atom. The number of benzene rings is 2. The van der Waals surface area contributed by atoms with Crippen molar-refractivity contribution >= 4 is 34.5 Å². The van der Waals surface area contributed by atoms with Crippen LogP contribution in [0.4, 0.5) is 4.39 Å². The maximum atomic E-state index is 12.9. The van der Waals surface area contributed by atoms with E-state index < -0.39 is 5.24 Å². The fourth-order valence-electron chi connectivity index (χ4n) is 1.87. The first kappa shape index (κ1) is 17.3. The minimum atomic E-state index is -0.586. The monoisotopic (exact) mass is 354 g/mol. The molecule has 0 radical (unpaired) electrons. The van der Waals surface area contributed by atoms with Gasteiger partial charge in [-0.15, -0.1) is 0 Å². The third kappa shape index (κ3) is 4.98. The van der Waals surface area contributed by atoms with Crippen LogP contribution < -0.4 is 9.47 Å². The van der Waals surface area contributed by atoms with Crippen molar-refractivity contribution in [3.63, 3.8) is 0 Å². The molecular weight excluding hydrogens is 342 g/mol. The molecule has 2 aromatic rings. The third-order valence-corrected chi connectivity index (χ3v) is 3.36. The summed E-state index contributed by atoms with van der Waals surface area (Å²) >= 11 is 11.5. The van der Waals surface area contributed by atoms with E-state index in [4.69, 9.17) is 32.7 Å². The summed E-state index contributed by atoms with van der Waals surface area (Å²) in [5.41, 5.74) is 1.44. The number of halogens is 3. The van der Waals surface area contributed by atoms with E-state index in [-0.39, 0.29) is 12.4 Å². The summed E-state index contributed by atoms with van der Waals surface area (Å²) in [6.45, 7) is 0.214. The molecular formula is C17H13Cl2FO3. The molecule has 120 valence electrons. The van der Waals surface area contributed by atoms with Crippen LogP contribution in [0.2, 0.25) is 5.02 Å². The first-order valence-electron chi connectivity index (χ1n) is 6.62. The minimum absolute atomic E-state index is 0.214. The summed E-state index contributed by atoms with van der Waals surface area (Å²) in [5, 5.41) is -0.259. The van der Waals surface area contributed by atoms with Crippen molar-refractivity contribution in [3.8, 4) is 11.5 Å². The van der Waals surface area contributed by atoms with E-state index in [2.05, 4.69) is 0 Å². The Morgan fingerprint density at radius 3 is 2.57 bits per heavy atom. The highest BCUT2D eigenvalue weighted by atomic mass is 35.5. The molecule has 0 fully saturated rings. The molecule has 2 rings (SSSR count). The number of hydrogen-bond donors (Lipinski definition) is 0. The van der Waals surface area contributed by atoms with Gasteiger partial charge in [0.1, 0.15) is 12.4 Å². The highest BCUT2D eigenvalue weighted by Crippen LogP contribution is 2.37. The SMILES string of the molecule is COc1cc(/C=C/C(=O)Cl)cc(Cl)c1OCc1ccc(F)cc1. The molecule has 0 spiro atoms. The molecule has 0 saturated heterocycles. The van der Waals surface area contributed by atoms with E-state index >= 15 is 0 Å². The summed E-state index contributed by atoms with van der Waals surface area (Å²) in [5.74, 6) is 0.475. The summed E-state index contributed by atoms with van der Waals surface area (Å²) < 4.78 is 23.8. The second-order valence-electron chi connectivity index (χ2n) is 4.59. The maximum Gasteiger partial charge on any atom is 0.245 e. The molecule has 0 bridgehead atoms. The Hall–Kier alpha value is -2.04. The van der Waals surface area contributed by atoms with Crippen LogP contribution in [0.5, 0.6) is 11.5 Å². The minimum Gasteiger partial charge on any atom is -0.493 e. The molecule has 0 aromatic heterocycles. The fourth-order valence-corrected chi connectivity index (χ4v) is 2.21. The van der Waals surface area contributed by atoms with Gasteiger partial charge in [0.05, 0.1) is 12.1 Å². The summed E-state index contributed by atoms with van der Waals surface area (Å²) in [4.78, 5) is 10.8. The lowest BCUT2D eigenvalue weighted by Crippen LogP contribution is -1.99. The average Bonchev–Trinajstić information content (AvgIpc) is 2.53. The predicted molar refractivity (Wildman–Crippen MR) is 88.6 cm³/mol. The van der Waals surface area contributed by atoms with E-state index in [0.29, 0.717) is 22.1 Å². The third-order valence-electron chi connectivity index (χ3n) is 2.96. The fraction of sp³-hybridized carbons (Fsp3) is 0.118. The van der Waals surface area contributed by atoms with Crippen LogP contribution in [-0.4, -0.2) is 12.4 Å². The first-order valence-corrected chi connectivity index (χ1v) is 7.37. The van der Waals surface area contributed by atoms with Gasteiger partial charge in [0, 0.05) is 0 Å². The van der Waals surface area contributed by atoms with Crippen molar-refractivity contribution in [2.45, 2.75) is 6.61 Å². The molecule has 0 amide bonds. The van der Waals surface area contributed by atoms with Crippen LogP contribution in [0.1, 0.15) is 11.1 Å². The van der Waals surface area contributed by atoms with E-state index in [9.17, 15) is 9.18 Å². The molecule has 3 nitrogen and oxygen atoms in total. The van der Waals surface area contributed by atoms with Gasteiger partial charge in [-0.1, -0.05) is 23.7 Å². The molecule has 23 heavy (non-hydrogen) atoms. The first-order chi connectivity index (χ1) is 11.0. The zero-order valence-corrected chi connectivity index (χ0v) is 13.7. The molecule has 0 aliphatic heterocycles. The van der Waals surface area contributed by atoms with Gasteiger partial charge >= 0.3 is 0 Å². The Kier molecular flexibility index (Phi) is 6.02. The molecule has 0 atom stereocenters. The Bertz CT molecular complexity index is 727. The van der Waals surface area contributed by atoms with E-state index in [0.717, 1.165) is 5.56 Å². The highest BCUT2D eigenvalue weighted by Gasteiger charge is 2.11. The lowest BCUT2D eigenvalue weighted by Gasteiger charge is -2.13. The van der Waals surface area contributed by atoms with Crippen molar-refractivity contribution in [1.29, 1.82) is 0 Å². The smallest absolute Gasteiger partial charge is 0.245 e. The van der Waals surface area contributed by atoms with Crippen molar-refractivity contribution in [2.75, 3.05) is 7.11 Å². The quantitative estimate of drug-likeness (QED) is 0.549. The van der Waals surface area contributed by atoms with Gasteiger partial charge in [0.2, 0.25) is 5.24 Å². The van der Waals surface area contributed by atoms with Gasteiger partial charge < -0.3 is 9.47 Å². The van der Waals surface area contributed by atoms with Gasteiger partial charge in [0.15, 0.2) is 11.5 Å². The largest absolute Gasteiger partial charge is 0.493 e. The number of rotatable bonds is 6. The van der Waals surface area contributed by atoms with Crippen molar-refractivity contribution in [3.05, 3.63) is 64.4 Å². The number of allylic oxidation sites excluding steroid dienone is 1. The van der Waals surface area contributed by atoms with Crippen LogP contribution >= 0.6 is 23.2 Å². The van der Waals surface area contributed by atoms with Crippen LogP contribution in [0.25, 0.3) is 6.08 Å². The van der Waals surface area contributed by atoms with E-state index in [1.165, 1.54) is 31.4 Å². The molecule has 0 N–H and O–H groups in total.